The highest BCUT2D eigenvalue weighted by atomic mass is 16.5. The average Bonchev–Trinajstić information content (AvgIpc) is 3.39. The first kappa shape index (κ1) is 23.7. The van der Waals surface area contributed by atoms with E-state index in [9.17, 15) is 0 Å². The Morgan fingerprint density at radius 2 is 1.60 bits per heavy atom. The molecule has 4 nitrogen and oxygen atoms in total. The Morgan fingerprint density at radius 1 is 0.886 bits per heavy atom. The molecule has 4 heteroatoms. The van der Waals surface area contributed by atoms with Gasteiger partial charge in [-0.05, 0) is 75.5 Å². The highest BCUT2D eigenvalue weighted by molar-refractivity contribution is 5.52. The van der Waals surface area contributed by atoms with Gasteiger partial charge in [-0.2, -0.15) is 0 Å². The Balaban J connectivity index is 1.41. The van der Waals surface area contributed by atoms with Crippen LogP contribution in [0.2, 0.25) is 0 Å². The molecular weight excluding hydrogens is 434 g/mol. The molecule has 3 aromatic rings. The lowest BCUT2D eigenvalue weighted by molar-refractivity contribution is 0.0528. The van der Waals surface area contributed by atoms with Crippen molar-refractivity contribution in [3.8, 4) is 17.2 Å². The molecule has 184 valence electrons. The molecule has 0 unspecified atom stereocenters. The van der Waals surface area contributed by atoms with Gasteiger partial charge in [0.15, 0.2) is 0 Å². The molecule has 0 amide bonds. The van der Waals surface area contributed by atoms with E-state index in [0.717, 1.165) is 36.8 Å². The quantitative estimate of drug-likeness (QED) is 0.344. The minimum absolute atomic E-state index is 0.159. The molecule has 0 spiro atoms. The van der Waals surface area contributed by atoms with Gasteiger partial charge in [-0.25, -0.2) is 0 Å². The molecule has 2 aliphatic rings. The zero-order valence-corrected chi connectivity index (χ0v) is 21.2. The van der Waals surface area contributed by atoms with Crippen molar-refractivity contribution in [2.45, 2.75) is 50.5 Å². The zero-order chi connectivity index (χ0) is 24.3. The molecule has 3 aromatic carbocycles. The molecule has 0 radical (unpaired) electrons. The zero-order valence-electron chi connectivity index (χ0n) is 21.2. The molecule has 2 heterocycles. The topological polar surface area (TPSA) is 30.9 Å². The number of ether oxygens (including phenoxy) is 3. The van der Waals surface area contributed by atoms with E-state index < -0.39 is 5.60 Å². The Morgan fingerprint density at radius 3 is 2.31 bits per heavy atom. The van der Waals surface area contributed by atoms with Crippen LogP contribution in [-0.4, -0.2) is 43.9 Å². The van der Waals surface area contributed by atoms with Gasteiger partial charge in [-0.15, -0.1) is 0 Å². The van der Waals surface area contributed by atoms with Crippen LogP contribution in [0.1, 0.15) is 61.6 Å². The summed E-state index contributed by atoms with van der Waals surface area (Å²) in [5.41, 5.74) is 3.35. The lowest BCUT2D eigenvalue weighted by Crippen LogP contribution is -2.43. The normalized spacial score (nSPS) is 21.2. The molecule has 0 aromatic heterocycles. The van der Waals surface area contributed by atoms with Crippen molar-refractivity contribution in [2.75, 3.05) is 33.4 Å². The summed E-state index contributed by atoms with van der Waals surface area (Å²) in [6.45, 7) is 8.76. The van der Waals surface area contributed by atoms with Gasteiger partial charge in [0.1, 0.15) is 22.8 Å². The van der Waals surface area contributed by atoms with Gasteiger partial charge in [0.05, 0.1) is 13.7 Å². The van der Waals surface area contributed by atoms with Crippen LogP contribution in [0.4, 0.5) is 0 Å². The van der Waals surface area contributed by atoms with Crippen LogP contribution < -0.4 is 14.2 Å². The third-order valence-electron chi connectivity index (χ3n) is 7.50. The van der Waals surface area contributed by atoms with E-state index in [1.807, 2.05) is 12.1 Å². The molecule has 0 bridgehead atoms. The fourth-order valence-corrected chi connectivity index (χ4v) is 5.80. The van der Waals surface area contributed by atoms with Crippen LogP contribution in [0, 0.1) is 0 Å². The van der Waals surface area contributed by atoms with Gasteiger partial charge in [-0.1, -0.05) is 48.5 Å². The van der Waals surface area contributed by atoms with Crippen molar-refractivity contribution < 1.29 is 14.2 Å². The largest absolute Gasteiger partial charge is 0.497 e. The third kappa shape index (κ3) is 5.18. The minimum atomic E-state index is -0.393. The van der Waals surface area contributed by atoms with E-state index in [1.54, 1.807) is 7.11 Å². The number of rotatable bonds is 8. The average molecular weight is 472 g/mol. The molecule has 2 atom stereocenters. The summed E-state index contributed by atoms with van der Waals surface area (Å²) in [5, 5.41) is 0. The summed E-state index contributed by atoms with van der Waals surface area (Å²) in [5.74, 6) is 2.97. The van der Waals surface area contributed by atoms with Crippen molar-refractivity contribution in [3.63, 3.8) is 0 Å². The lowest BCUT2D eigenvalue weighted by atomic mass is 9.68. The van der Waals surface area contributed by atoms with Crippen molar-refractivity contribution >= 4 is 0 Å². The van der Waals surface area contributed by atoms with Crippen LogP contribution >= 0.6 is 0 Å². The van der Waals surface area contributed by atoms with E-state index in [4.69, 9.17) is 14.2 Å². The van der Waals surface area contributed by atoms with Crippen molar-refractivity contribution in [3.05, 3.63) is 89.5 Å². The maximum atomic E-state index is 6.60. The minimum Gasteiger partial charge on any atom is -0.497 e. The number of methoxy groups -OCH3 is 1. The van der Waals surface area contributed by atoms with Gasteiger partial charge in [0.25, 0.3) is 0 Å². The second-order valence-electron chi connectivity index (χ2n) is 10.3. The first-order chi connectivity index (χ1) is 17.0. The van der Waals surface area contributed by atoms with E-state index in [0.29, 0.717) is 0 Å². The second kappa shape index (κ2) is 10.3. The van der Waals surface area contributed by atoms with Crippen LogP contribution in [0.15, 0.2) is 72.8 Å². The summed E-state index contributed by atoms with van der Waals surface area (Å²) in [4.78, 5) is 2.54. The predicted molar refractivity (Wildman–Crippen MR) is 141 cm³/mol. The number of hydrogen-bond donors (Lipinski definition) is 0. The fraction of sp³-hybridized carbons (Fsp3) is 0.419. The van der Waals surface area contributed by atoms with Crippen LogP contribution in [0.25, 0.3) is 0 Å². The highest BCUT2D eigenvalue weighted by Crippen LogP contribution is 2.53. The Hall–Kier alpha value is -2.98. The number of fused-ring (bicyclic) bond motifs is 1. The van der Waals surface area contributed by atoms with Crippen molar-refractivity contribution in [1.29, 1.82) is 0 Å². The van der Waals surface area contributed by atoms with Gasteiger partial charge >= 0.3 is 0 Å². The summed E-state index contributed by atoms with van der Waals surface area (Å²) < 4.78 is 18.2. The maximum absolute atomic E-state index is 6.60. The summed E-state index contributed by atoms with van der Waals surface area (Å²) >= 11 is 0. The molecule has 0 aliphatic carbocycles. The standard InChI is InChI=1S/C31H37NO3/c1-31(2)30(24-10-5-4-6-11-24)29(27-17-16-26(33-3)22-28(27)35-31)23-12-14-25(15-13-23)34-21-9-20-32-18-7-8-19-32/h4-6,10-17,22,29-30H,7-9,18-21H2,1-3H3/t29-,30+/m0/s1. The Kier molecular flexibility index (Phi) is 7.01. The third-order valence-corrected chi connectivity index (χ3v) is 7.50. The molecule has 0 N–H and O–H groups in total. The molecule has 2 aliphatic heterocycles. The smallest absolute Gasteiger partial charge is 0.127 e. The van der Waals surface area contributed by atoms with Gasteiger partial charge in [0, 0.05) is 30.0 Å². The number of benzene rings is 3. The Bertz CT molecular complexity index is 1100. The molecular formula is C31H37NO3. The first-order valence-electron chi connectivity index (χ1n) is 12.9. The van der Waals surface area contributed by atoms with Crippen LogP contribution in [-0.2, 0) is 0 Å². The molecule has 1 saturated heterocycles. The maximum Gasteiger partial charge on any atom is 0.127 e. The number of nitrogens with zero attached hydrogens (tertiary/aromatic N) is 1. The van der Waals surface area contributed by atoms with E-state index >= 15 is 0 Å². The van der Waals surface area contributed by atoms with Crippen LogP contribution in [0.5, 0.6) is 17.2 Å². The van der Waals surface area contributed by atoms with E-state index in [1.165, 1.54) is 42.6 Å². The number of likely N-dealkylation sites (tertiary alicyclic amines) is 1. The van der Waals surface area contributed by atoms with Crippen LogP contribution in [0.3, 0.4) is 0 Å². The van der Waals surface area contributed by atoms with Gasteiger partial charge < -0.3 is 19.1 Å². The fourth-order valence-electron chi connectivity index (χ4n) is 5.80. The van der Waals surface area contributed by atoms with E-state index in [2.05, 4.69) is 79.4 Å². The summed E-state index contributed by atoms with van der Waals surface area (Å²) in [6.07, 6.45) is 3.75. The molecule has 35 heavy (non-hydrogen) atoms. The van der Waals surface area contributed by atoms with E-state index in [-0.39, 0.29) is 11.8 Å². The molecule has 1 fully saturated rings. The van der Waals surface area contributed by atoms with Crippen molar-refractivity contribution in [2.24, 2.45) is 0 Å². The molecule has 0 saturated carbocycles. The van der Waals surface area contributed by atoms with Gasteiger partial charge in [-0.3, -0.25) is 0 Å². The summed E-state index contributed by atoms with van der Waals surface area (Å²) in [6, 6.07) is 25.7. The molecule has 5 rings (SSSR count). The second-order valence-corrected chi connectivity index (χ2v) is 10.3. The SMILES string of the molecule is COc1ccc2c(c1)OC(C)(C)[C@H](c1ccccc1)[C@H]2c1ccc(OCCCN2CCCC2)cc1. The van der Waals surface area contributed by atoms with Gasteiger partial charge in [0.2, 0.25) is 0 Å². The number of hydrogen-bond acceptors (Lipinski definition) is 4. The predicted octanol–water partition coefficient (Wildman–Crippen LogP) is 6.65. The first-order valence-corrected chi connectivity index (χ1v) is 12.9. The monoisotopic (exact) mass is 471 g/mol. The Labute approximate surface area is 209 Å². The highest BCUT2D eigenvalue weighted by Gasteiger charge is 2.45. The van der Waals surface area contributed by atoms with Crippen molar-refractivity contribution in [1.82, 2.24) is 4.90 Å². The summed E-state index contributed by atoms with van der Waals surface area (Å²) in [7, 11) is 1.70. The lowest BCUT2D eigenvalue weighted by Gasteiger charge is -2.45.